The lowest BCUT2D eigenvalue weighted by Gasteiger charge is -2.18. The highest BCUT2D eigenvalue weighted by Crippen LogP contribution is 2.18. The van der Waals surface area contributed by atoms with Crippen LogP contribution in [0.5, 0.6) is 0 Å². The smallest absolute Gasteiger partial charge is 0.323 e. The number of nitrogens with one attached hydrogen (secondary N) is 2. The lowest BCUT2D eigenvalue weighted by molar-refractivity contribution is -0.137. The highest BCUT2D eigenvalue weighted by molar-refractivity contribution is 5.75. The van der Waals surface area contributed by atoms with E-state index in [1.54, 1.807) is 18.2 Å². The number of aromatic amines is 2. The van der Waals surface area contributed by atoms with Crippen molar-refractivity contribution in [2.45, 2.75) is 18.5 Å². The molecule has 2 rings (SSSR count). The van der Waals surface area contributed by atoms with Crippen LogP contribution in [0.1, 0.15) is 18.0 Å². The van der Waals surface area contributed by atoms with Crippen LogP contribution in [0.4, 0.5) is 0 Å². The van der Waals surface area contributed by atoms with E-state index in [9.17, 15) is 9.59 Å². The highest BCUT2D eigenvalue weighted by Gasteiger charge is 2.18. The van der Waals surface area contributed by atoms with E-state index in [2.05, 4.69) is 9.97 Å². The van der Waals surface area contributed by atoms with E-state index in [1.165, 1.54) is 0 Å². The summed E-state index contributed by atoms with van der Waals surface area (Å²) in [7, 11) is 0. The molecule has 0 aliphatic heterocycles. The molecule has 7 N–H and O–H groups in total. The molecule has 2 atom stereocenters. The molecule has 0 bridgehead atoms. The molecule has 0 aliphatic rings. The number of H-pyrrole nitrogens is 2. The third-order valence-electron chi connectivity index (χ3n) is 2.80. The zero-order valence-corrected chi connectivity index (χ0v) is 9.51. The van der Waals surface area contributed by atoms with Crippen molar-refractivity contribution in [3.05, 3.63) is 34.2 Å². The summed E-state index contributed by atoms with van der Waals surface area (Å²) in [4.78, 5) is 26.9. The summed E-state index contributed by atoms with van der Waals surface area (Å²) in [6.45, 7) is 0. The normalized spacial score (nSPS) is 14.6. The first kappa shape index (κ1) is 12.3. The fourth-order valence-corrected chi connectivity index (χ4v) is 1.83. The van der Waals surface area contributed by atoms with Gasteiger partial charge in [-0.2, -0.15) is 0 Å². The fraction of sp³-hybridized carbons (Fsp3) is 0.273. The number of carboxylic acids is 1. The average molecular weight is 250 g/mol. The van der Waals surface area contributed by atoms with Crippen LogP contribution in [0.3, 0.4) is 0 Å². The molecule has 7 heteroatoms. The minimum absolute atomic E-state index is 0.205. The van der Waals surface area contributed by atoms with Gasteiger partial charge in [0.25, 0.3) is 0 Å². The third kappa shape index (κ3) is 2.41. The van der Waals surface area contributed by atoms with E-state index in [0.717, 1.165) is 0 Å². The molecule has 1 aromatic carbocycles. The Labute approximate surface area is 102 Å². The van der Waals surface area contributed by atoms with E-state index >= 15 is 0 Å². The van der Waals surface area contributed by atoms with Crippen LogP contribution in [0.2, 0.25) is 0 Å². The maximum atomic E-state index is 11.1. The number of imidazole rings is 1. The number of hydrogen-bond acceptors (Lipinski definition) is 4. The number of benzene rings is 1. The second-order valence-corrected chi connectivity index (χ2v) is 4.17. The van der Waals surface area contributed by atoms with Gasteiger partial charge in [0.05, 0.1) is 17.5 Å². The van der Waals surface area contributed by atoms with E-state index in [0.29, 0.717) is 16.6 Å². The predicted octanol–water partition coefficient (Wildman–Crippen LogP) is -0.342. The minimum atomic E-state index is -0.992. The van der Waals surface area contributed by atoms with Crippen LogP contribution in [0.15, 0.2) is 23.0 Å². The molecule has 0 aliphatic carbocycles. The summed E-state index contributed by atoms with van der Waals surface area (Å²) in [6.07, 6.45) is -0.205. The molecule has 18 heavy (non-hydrogen) atoms. The topological polar surface area (TPSA) is 138 Å². The van der Waals surface area contributed by atoms with Crippen LogP contribution >= 0.6 is 0 Å². The molecule has 1 aromatic heterocycles. The zero-order valence-electron chi connectivity index (χ0n) is 9.51. The molecule has 0 fully saturated rings. The Kier molecular flexibility index (Phi) is 3.17. The van der Waals surface area contributed by atoms with E-state index < -0.39 is 18.1 Å². The molecule has 7 nitrogen and oxygen atoms in total. The molecule has 0 spiro atoms. The van der Waals surface area contributed by atoms with Gasteiger partial charge in [-0.3, -0.25) is 4.79 Å². The Balaban J connectivity index is 2.29. The number of rotatable bonds is 4. The van der Waals surface area contributed by atoms with Crippen molar-refractivity contribution in [1.29, 1.82) is 0 Å². The fourth-order valence-electron chi connectivity index (χ4n) is 1.83. The Morgan fingerprint density at radius 2 is 1.94 bits per heavy atom. The number of nitrogens with two attached hydrogens (primary N) is 2. The molecule has 96 valence electrons. The summed E-state index contributed by atoms with van der Waals surface area (Å²) in [5, 5.41) is 8.67. The number of carboxylic acid groups (broad SMARTS) is 1. The Bertz CT molecular complexity index is 630. The molecular formula is C11H14N4O3. The molecule has 0 saturated heterocycles. The van der Waals surface area contributed by atoms with Crippen molar-refractivity contribution >= 4 is 17.0 Å². The molecule has 0 amide bonds. The largest absolute Gasteiger partial charge is 0.481 e. The summed E-state index contributed by atoms with van der Waals surface area (Å²) in [5.74, 6) is -0.992. The lowest BCUT2D eigenvalue weighted by Crippen LogP contribution is -2.36. The van der Waals surface area contributed by atoms with Crippen molar-refractivity contribution in [1.82, 2.24) is 9.97 Å². The van der Waals surface area contributed by atoms with Gasteiger partial charge in [-0.05, 0) is 17.7 Å². The quantitative estimate of drug-likeness (QED) is 0.505. The molecule has 0 radical (unpaired) electrons. The van der Waals surface area contributed by atoms with E-state index in [-0.39, 0.29) is 12.1 Å². The van der Waals surface area contributed by atoms with Gasteiger partial charge in [0.1, 0.15) is 0 Å². The Morgan fingerprint density at radius 3 is 2.61 bits per heavy atom. The first-order valence-electron chi connectivity index (χ1n) is 5.42. The van der Waals surface area contributed by atoms with Crippen LogP contribution in [0.25, 0.3) is 11.0 Å². The van der Waals surface area contributed by atoms with Crippen LogP contribution < -0.4 is 17.2 Å². The number of aliphatic carboxylic acids is 1. The summed E-state index contributed by atoms with van der Waals surface area (Å²) < 4.78 is 0. The van der Waals surface area contributed by atoms with E-state index in [4.69, 9.17) is 16.6 Å². The van der Waals surface area contributed by atoms with E-state index in [1.807, 2.05) is 0 Å². The van der Waals surface area contributed by atoms with Gasteiger partial charge in [-0.25, -0.2) is 4.79 Å². The number of aromatic nitrogens is 2. The second kappa shape index (κ2) is 4.63. The highest BCUT2D eigenvalue weighted by atomic mass is 16.4. The van der Waals surface area contributed by atoms with Crippen molar-refractivity contribution in [3.8, 4) is 0 Å². The minimum Gasteiger partial charge on any atom is -0.481 e. The van der Waals surface area contributed by atoms with Crippen molar-refractivity contribution in [3.63, 3.8) is 0 Å². The van der Waals surface area contributed by atoms with Gasteiger partial charge in [-0.1, -0.05) is 6.07 Å². The molecular weight excluding hydrogens is 236 g/mol. The molecule has 2 aromatic rings. The van der Waals surface area contributed by atoms with Gasteiger partial charge < -0.3 is 26.5 Å². The summed E-state index contributed by atoms with van der Waals surface area (Å²) >= 11 is 0. The predicted molar refractivity (Wildman–Crippen MR) is 66.1 cm³/mol. The maximum absolute atomic E-state index is 11.1. The monoisotopic (exact) mass is 250 g/mol. The molecule has 1 heterocycles. The first-order valence-corrected chi connectivity index (χ1v) is 5.42. The number of carbonyl (C=O) groups is 1. The van der Waals surface area contributed by atoms with Crippen LogP contribution in [-0.4, -0.2) is 27.1 Å². The van der Waals surface area contributed by atoms with Gasteiger partial charge in [0.15, 0.2) is 0 Å². The number of fused-ring (bicyclic) bond motifs is 1. The molecule has 2 unspecified atom stereocenters. The maximum Gasteiger partial charge on any atom is 0.323 e. The van der Waals surface area contributed by atoms with Gasteiger partial charge in [-0.15, -0.1) is 0 Å². The van der Waals surface area contributed by atoms with Crippen molar-refractivity contribution < 1.29 is 9.90 Å². The Hall–Kier alpha value is -2.12. The van der Waals surface area contributed by atoms with Gasteiger partial charge >= 0.3 is 11.7 Å². The van der Waals surface area contributed by atoms with Gasteiger partial charge in [0, 0.05) is 12.1 Å². The Morgan fingerprint density at radius 1 is 1.28 bits per heavy atom. The van der Waals surface area contributed by atoms with Crippen molar-refractivity contribution in [2.24, 2.45) is 11.5 Å². The number of hydrogen-bond donors (Lipinski definition) is 5. The van der Waals surface area contributed by atoms with Crippen LogP contribution in [0, 0.1) is 0 Å². The standard InChI is InChI=1S/C11H14N4O3/c12-6(4-9(16)17)10(13)5-1-2-7-8(3-5)15-11(18)14-7/h1-3,6,10H,4,12-13H2,(H,16,17)(H2,14,15,18). The molecule has 0 saturated carbocycles. The second-order valence-electron chi connectivity index (χ2n) is 4.17. The van der Waals surface area contributed by atoms with Crippen LogP contribution in [-0.2, 0) is 4.79 Å². The first-order chi connectivity index (χ1) is 8.47. The van der Waals surface area contributed by atoms with Gasteiger partial charge in [0.2, 0.25) is 0 Å². The average Bonchev–Trinajstić information content (AvgIpc) is 2.65. The SMILES string of the molecule is NC(CC(=O)O)C(N)c1ccc2[nH]c(=O)[nH]c2c1. The van der Waals surface area contributed by atoms with Crippen molar-refractivity contribution in [2.75, 3.05) is 0 Å². The summed E-state index contributed by atoms with van der Waals surface area (Å²) in [6, 6.07) is 3.85. The lowest BCUT2D eigenvalue weighted by atomic mass is 9.98. The summed E-state index contributed by atoms with van der Waals surface area (Å²) in [5.41, 5.74) is 13.3. The third-order valence-corrected chi connectivity index (χ3v) is 2.80. The zero-order chi connectivity index (χ0) is 13.3.